The van der Waals surface area contributed by atoms with E-state index in [1.807, 2.05) is 0 Å². The van der Waals surface area contributed by atoms with Gasteiger partial charge in [-0.2, -0.15) is 0 Å². The summed E-state index contributed by atoms with van der Waals surface area (Å²) in [6.45, 7) is 1.43. The average molecular weight is 440 g/mol. The van der Waals surface area contributed by atoms with E-state index in [1.165, 1.54) is 11.6 Å². The van der Waals surface area contributed by atoms with Crippen molar-refractivity contribution in [1.82, 2.24) is 10.3 Å². The van der Waals surface area contributed by atoms with Crippen LogP contribution in [-0.4, -0.2) is 49.2 Å². The number of halogens is 1. The van der Waals surface area contributed by atoms with Gasteiger partial charge in [0.2, 0.25) is 0 Å². The molecule has 1 aliphatic rings. The molecule has 0 amide bonds. The fourth-order valence-electron chi connectivity index (χ4n) is 2.66. The molecule has 3 rings (SSSR count). The van der Waals surface area contributed by atoms with Crippen LogP contribution in [0.5, 0.6) is 0 Å². The van der Waals surface area contributed by atoms with E-state index in [-0.39, 0.29) is 34.1 Å². The third-order valence-electron chi connectivity index (χ3n) is 4.10. The lowest BCUT2D eigenvalue weighted by atomic mass is 10.1. The van der Waals surface area contributed by atoms with Crippen LogP contribution in [0.25, 0.3) is 0 Å². The molecule has 12 heteroatoms. The largest absolute Gasteiger partial charge is 0.476 e. The SMILES string of the molecule is O=C(CCC1=NCCN1)Cc1ccc(S(=O)(=O)Nc2scnc2C(=O)O)cc1F. The highest BCUT2D eigenvalue weighted by Crippen LogP contribution is 2.25. The van der Waals surface area contributed by atoms with Crippen LogP contribution >= 0.6 is 11.3 Å². The van der Waals surface area contributed by atoms with Crippen LogP contribution in [0.15, 0.2) is 33.6 Å². The standard InChI is InChI=1S/C17H17FN4O5S2/c18-13-8-12(29(26,27)22-16-15(17(24)25)21-9-28-16)3-1-10(13)7-11(23)2-4-14-19-5-6-20-14/h1,3,8-9,22H,2,4-7H2,(H,19,20)(H,24,25). The van der Waals surface area contributed by atoms with Crippen molar-refractivity contribution in [2.24, 2.45) is 4.99 Å². The van der Waals surface area contributed by atoms with Crippen LogP contribution in [0.2, 0.25) is 0 Å². The first kappa shape index (κ1) is 20.9. The number of aliphatic imine (C=N–C) groups is 1. The van der Waals surface area contributed by atoms with Crippen LogP contribution in [0.3, 0.4) is 0 Å². The lowest BCUT2D eigenvalue weighted by Crippen LogP contribution is -2.19. The maximum atomic E-state index is 14.4. The number of benzene rings is 1. The summed E-state index contributed by atoms with van der Waals surface area (Å²) in [5.41, 5.74) is 0.824. The number of Topliss-reactive ketones (excluding diaryl/α,β-unsaturated/α-hetero) is 1. The van der Waals surface area contributed by atoms with Crippen LogP contribution in [0.4, 0.5) is 9.39 Å². The lowest BCUT2D eigenvalue weighted by molar-refractivity contribution is -0.118. The minimum atomic E-state index is -4.22. The molecular weight excluding hydrogens is 423 g/mol. The van der Waals surface area contributed by atoms with Gasteiger partial charge in [-0.3, -0.25) is 14.5 Å². The molecule has 0 bridgehead atoms. The third-order valence-corrected chi connectivity index (χ3v) is 6.32. The summed E-state index contributed by atoms with van der Waals surface area (Å²) in [6, 6.07) is 3.20. The molecule has 9 nitrogen and oxygen atoms in total. The van der Waals surface area contributed by atoms with Crippen molar-refractivity contribution in [3.8, 4) is 0 Å². The van der Waals surface area contributed by atoms with Gasteiger partial charge in [-0.05, 0) is 17.7 Å². The summed E-state index contributed by atoms with van der Waals surface area (Å²) >= 11 is 0.796. The number of hydrogen-bond acceptors (Lipinski definition) is 8. The Bertz CT molecular complexity index is 1080. The highest BCUT2D eigenvalue weighted by Gasteiger charge is 2.22. The van der Waals surface area contributed by atoms with Gasteiger partial charge < -0.3 is 10.4 Å². The molecule has 154 valence electrons. The number of aromatic nitrogens is 1. The summed E-state index contributed by atoms with van der Waals surface area (Å²) in [7, 11) is -4.22. The number of carbonyl (C=O) groups excluding carboxylic acids is 1. The Morgan fingerprint density at radius 3 is 2.79 bits per heavy atom. The normalized spacial score (nSPS) is 13.6. The first-order valence-electron chi connectivity index (χ1n) is 8.53. The van der Waals surface area contributed by atoms with Gasteiger partial charge in [0.05, 0.1) is 22.8 Å². The molecule has 0 saturated heterocycles. The van der Waals surface area contributed by atoms with E-state index in [0.717, 1.165) is 35.8 Å². The zero-order chi connectivity index (χ0) is 21.0. The molecule has 0 aliphatic carbocycles. The molecule has 0 radical (unpaired) electrons. The predicted molar refractivity (Wildman–Crippen MR) is 105 cm³/mol. The first-order valence-corrected chi connectivity index (χ1v) is 10.9. The number of carboxylic acid groups (broad SMARTS) is 1. The Hall–Kier alpha value is -2.86. The number of carboxylic acids is 1. The number of nitrogens with zero attached hydrogens (tertiary/aromatic N) is 2. The van der Waals surface area contributed by atoms with Gasteiger partial charge in [0, 0.05) is 25.8 Å². The molecule has 29 heavy (non-hydrogen) atoms. The molecule has 3 N–H and O–H groups in total. The van der Waals surface area contributed by atoms with Gasteiger partial charge in [-0.1, -0.05) is 6.07 Å². The fraction of sp³-hybridized carbons (Fsp3) is 0.294. The number of anilines is 1. The Kier molecular flexibility index (Phi) is 6.23. The van der Waals surface area contributed by atoms with Crippen LogP contribution < -0.4 is 10.0 Å². The molecular formula is C17H17FN4O5S2. The monoisotopic (exact) mass is 440 g/mol. The number of carbonyl (C=O) groups is 2. The lowest BCUT2D eigenvalue weighted by Gasteiger charge is -2.09. The van der Waals surface area contributed by atoms with Crippen molar-refractivity contribution in [2.75, 3.05) is 17.8 Å². The molecule has 0 spiro atoms. The highest BCUT2D eigenvalue weighted by atomic mass is 32.2. The minimum Gasteiger partial charge on any atom is -0.476 e. The number of ketones is 1. The topological polar surface area (TPSA) is 138 Å². The number of sulfonamides is 1. The second-order valence-electron chi connectivity index (χ2n) is 6.16. The van der Waals surface area contributed by atoms with Gasteiger partial charge in [0.25, 0.3) is 10.0 Å². The second-order valence-corrected chi connectivity index (χ2v) is 8.70. The molecule has 1 aromatic heterocycles. The Morgan fingerprint density at radius 2 is 2.14 bits per heavy atom. The molecule has 1 aromatic carbocycles. The van der Waals surface area contributed by atoms with Crippen molar-refractivity contribution < 1.29 is 27.5 Å². The number of hydrogen-bond donors (Lipinski definition) is 3. The van der Waals surface area contributed by atoms with E-state index in [1.54, 1.807) is 0 Å². The van der Waals surface area contributed by atoms with Crippen molar-refractivity contribution in [2.45, 2.75) is 24.2 Å². The summed E-state index contributed by atoms with van der Waals surface area (Å²) in [5, 5.41) is 11.9. The van der Waals surface area contributed by atoms with E-state index in [9.17, 15) is 22.4 Å². The van der Waals surface area contributed by atoms with E-state index in [4.69, 9.17) is 5.11 Å². The predicted octanol–water partition coefficient (Wildman–Crippen LogP) is 1.67. The summed E-state index contributed by atoms with van der Waals surface area (Å²) in [4.78, 5) is 30.5. The molecule has 0 fully saturated rings. The van der Waals surface area contributed by atoms with E-state index >= 15 is 0 Å². The number of nitrogens with one attached hydrogen (secondary N) is 2. The summed E-state index contributed by atoms with van der Waals surface area (Å²) in [6.07, 6.45) is 0.499. The third kappa shape index (κ3) is 5.15. The number of rotatable bonds is 9. The van der Waals surface area contributed by atoms with Gasteiger partial charge in [0.15, 0.2) is 5.69 Å². The van der Waals surface area contributed by atoms with Gasteiger partial charge in [-0.25, -0.2) is 22.6 Å². The quantitative estimate of drug-likeness (QED) is 0.539. The van der Waals surface area contributed by atoms with Crippen molar-refractivity contribution >= 4 is 43.9 Å². The second kappa shape index (κ2) is 8.66. The Labute approximate surface area is 169 Å². The van der Waals surface area contributed by atoms with E-state index in [2.05, 4.69) is 20.0 Å². The van der Waals surface area contributed by atoms with Crippen molar-refractivity contribution in [3.63, 3.8) is 0 Å². The summed E-state index contributed by atoms with van der Waals surface area (Å²) < 4.78 is 41.3. The molecule has 0 atom stereocenters. The fourth-order valence-corrected chi connectivity index (χ4v) is 4.66. The average Bonchev–Trinajstić information content (AvgIpc) is 3.33. The molecule has 0 unspecified atom stereocenters. The number of amidine groups is 1. The highest BCUT2D eigenvalue weighted by molar-refractivity contribution is 7.93. The Balaban J connectivity index is 1.68. The van der Waals surface area contributed by atoms with Gasteiger partial charge in [-0.15, -0.1) is 11.3 Å². The Morgan fingerprint density at radius 1 is 1.34 bits per heavy atom. The zero-order valence-corrected chi connectivity index (χ0v) is 16.6. The van der Waals surface area contributed by atoms with E-state index in [0.29, 0.717) is 13.0 Å². The molecule has 2 aromatic rings. The van der Waals surface area contributed by atoms with Crippen LogP contribution in [0, 0.1) is 5.82 Å². The number of aromatic carboxylic acids is 1. The van der Waals surface area contributed by atoms with E-state index < -0.39 is 27.5 Å². The maximum absolute atomic E-state index is 14.4. The van der Waals surface area contributed by atoms with Crippen LogP contribution in [-0.2, 0) is 21.2 Å². The first-order chi connectivity index (χ1) is 13.8. The number of thiazole rings is 1. The zero-order valence-electron chi connectivity index (χ0n) is 15.0. The smallest absolute Gasteiger partial charge is 0.357 e. The minimum absolute atomic E-state index is 0.0827. The van der Waals surface area contributed by atoms with Crippen molar-refractivity contribution in [1.29, 1.82) is 0 Å². The maximum Gasteiger partial charge on any atom is 0.357 e. The molecule has 0 saturated carbocycles. The molecule has 2 heterocycles. The van der Waals surface area contributed by atoms with Gasteiger partial charge >= 0.3 is 5.97 Å². The van der Waals surface area contributed by atoms with Crippen LogP contribution in [0.1, 0.15) is 28.9 Å². The molecule has 1 aliphatic heterocycles. The summed E-state index contributed by atoms with van der Waals surface area (Å²) in [5.74, 6) is -1.65. The van der Waals surface area contributed by atoms with Crippen molar-refractivity contribution in [3.05, 3.63) is 40.8 Å². The van der Waals surface area contributed by atoms with Gasteiger partial charge in [0.1, 0.15) is 16.6 Å².